The highest BCUT2D eigenvalue weighted by molar-refractivity contribution is 7.07. The summed E-state index contributed by atoms with van der Waals surface area (Å²) in [4.78, 5) is 20.1. The van der Waals surface area contributed by atoms with Crippen LogP contribution >= 0.6 is 11.3 Å². The molecule has 0 atom stereocenters. The van der Waals surface area contributed by atoms with Gasteiger partial charge in [-0.2, -0.15) is 11.3 Å². The number of benzene rings is 1. The van der Waals surface area contributed by atoms with Gasteiger partial charge in [0.2, 0.25) is 5.91 Å². The summed E-state index contributed by atoms with van der Waals surface area (Å²) in [5, 5.41) is 7.36. The third kappa shape index (κ3) is 5.70. The average Bonchev–Trinajstić information content (AvgIpc) is 3.08. The summed E-state index contributed by atoms with van der Waals surface area (Å²) in [7, 11) is 5.48. The Balaban J connectivity index is 2.05. The highest BCUT2D eigenvalue weighted by Crippen LogP contribution is 2.09. The average molecular weight is 344 g/mol. The number of likely N-dealkylation sites (N-methyl/N-ethyl adjacent to an activating group) is 1. The van der Waals surface area contributed by atoms with Crippen LogP contribution in [0.3, 0.4) is 0 Å². The molecule has 0 bridgehead atoms. The third-order valence-electron chi connectivity index (χ3n) is 3.51. The molecule has 6 heteroatoms. The van der Waals surface area contributed by atoms with Crippen molar-refractivity contribution in [1.82, 2.24) is 15.1 Å². The highest BCUT2D eigenvalue weighted by atomic mass is 32.1. The van der Waals surface area contributed by atoms with Gasteiger partial charge in [-0.3, -0.25) is 4.79 Å². The molecule has 0 unspecified atom stereocenters. The van der Waals surface area contributed by atoms with E-state index in [1.165, 1.54) is 5.56 Å². The lowest BCUT2D eigenvalue weighted by Gasteiger charge is -2.22. The normalized spacial score (nSPS) is 11.2. The van der Waals surface area contributed by atoms with Gasteiger partial charge >= 0.3 is 0 Å². The molecule has 0 aliphatic rings. The summed E-state index contributed by atoms with van der Waals surface area (Å²) >= 11 is 1.68. The SMILES string of the molecule is CN(C)C(=O)CNC(=NCc1ccccc1)N(C)Cc1ccsc1. The lowest BCUT2D eigenvalue weighted by atomic mass is 10.2. The zero-order chi connectivity index (χ0) is 17.4. The van der Waals surface area contributed by atoms with Crippen LogP contribution in [0.25, 0.3) is 0 Å². The Bertz CT molecular complexity index is 653. The molecule has 128 valence electrons. The Kier molecular flexibility index (Phi) is 6.81. The molecule has 2 aromatic rings. The molecule has 0 fully saturated rings. The molecule has 1 aromatic carbocycles. The zero-order valence-electron chi connectivity index (χ0n) is 14.4. The Labute approximate surface area is 147 Å². The van der Waals surface area contributed by atoms with E-state index < -0.39 is 0 Å². The van der Waals surface area contributed by atoms with Crippen LogP contribution < -0.4 is 5.32 Å². The molecule has 0 radical (unpaired) electrons. The van der Waals surface area contributed by atoms with Gasteiger partial charge in [-0.15, -0.1) is 0 Å². The topological polar surface area (TPSA) is 47.9 Å². The number of thiophene rings is 1. The summed E-state index contributed by atoms with van der Waals surface area (Å²) < 4.78 is 0. The van der Waals surface area contributed by atoms with Gasteiger partial charge < -0.3 is 15.1 Å². The fraction of sp³-hybridized carbons (Fsp3) is 0.333. The fourth-order valence-electron chi connectivity index (χ4n) is 2.11. The predicted octanol–water partition coefficient (Wildman–Crippen LogP) is 2.41. The van der Waals surface area contributed by atoms with Crippen molar-refractivity contribution in [1.29, 1.82) is 0 Å². The van der Waals surface area contributed by atoms with E-state index in [0.29, 0.717) is 6.54 Å². The minimum absolute atomic E-state index is 0.0198. The van der Waals surface area contributed by atoms with Gasteiger partial charge in [0.1, 0.15) is 0 Å². The predicted molar refractivity (Wildman–Crippen MR) is 100 cm³/mol. The molecule has 0 saturated carbocycles. The Morgan fingerprint density at radius 1 is 1.12 bits per heavy atom. The summed E-state index contributed by atoms with van der Waals surface area (Å²) in [6.45, 7) is 1.56. The maximum Gasteiger partial charge on any atom is 0.241 e. The summed E-state index contributed by atoms with van der Waals surface area (Å²) in [5.74, 6) is 0.742. The molecule has 2 rings (SSSR count). The van der Waals surface area contributed by atoms with Crippen LogP contribution in [0.2, 0.25) is 0 Å². The third-order valence-corrected chi connectivity index (χ3v) is 4.24. The Morgan fingerprint density at radius 2 is 1.88 bits per heavy atom. The zero-order valence-corrected chi connectivity index (χ0v) is 15.2. The molecule has 5 nitrogen and oxygen atoms in total. The lowest BCUT2D eigenvalue weighted by molar-refractivity contribution is -0.127. The van der Waals surface area contributed by atoms with Crippen LogP contribution in [-0.2, 0) is 17.9 Å². The first-order chi connectivity index (χ1) is 11.6. The second-order valence-electron chi connectivity index (χ2n) is 5.75. The first-order valence-corrected chi connectivity index (χ1v) is 8.75. The van der Waals surface area contributed by atoms with Gasteiger partial charge in [-0.05, 0) is 28.0 Å². The molecule has 1 heterocycles. The fourth-order valence-corrected chi connectivity index (χ4v) is 2.77. The largest absolute Gasteiger partial charge is 0.347 e. The molecular weight excluding hydrogens is 320 g/mol. The molecule has 0 saturated heterocycles. The van der Waals surface area contributed by atoms with E-state index in [9.17, 15) is 4.79 Å². The monoisotopic (exact) mass is 344 g/mol. The van der Waals surface area contributed by atoms with E-state index in [4.69, 9.17) is 0 Å². The molecule has 24 heavy (non-hydrogen) atoms. The molecule has 1 N–H and O–H groups in total. The van der Waals surface area contributed by atoms with Crippen LogP contribution in [0.5, 0.6) is 0 Å². The minimum Gasteiger partial charge on any atom is -0.347 e. The van der Waals surface area contributed by atoms with Gasteiger partial charge in [0.15, 0.2) is 5.96 Å². The van der Waals surface area contributed by atoms with Crippen LogP contribution in [0.4, 0.5) is 0 Å². The van der Waals surface area contributed by atoms with E-state index in [-0.39, 0.29) is 12.5 Å². The maximum atomic E-state index is 11.9. The van der Waals surface area contributed by atoms with E-state index >= 15 is 0 Å². The maximum absolute atomic E-state index is 11.9. The van der Waals surface area contributed by atoms with Crippen molar-refractivity contribution in [3.8, 4) is 0 Å². The summed E-state index contributed by atoms with van der Waals surface area (Å²) in [6, 6.07) is 12.2. The van der Waals surface area contributed by atoms with Crippen molar-refractivity contribution in [3.05, 3.63) is 58.3 Å². The summed E-state index contributed by atoms with van der Waals surface area (Å²) in [5.41, 5.74) is 2.37. The lowest BCUT2D eigenvalue weighted by Crippen LogP contribution is -2.43. The van der Waals surface area contributed by atoms with Gasteiger partial charge in [0.25, 0.3) is 0 Å². The number of carbonyl (C=O) groups excluding carboxylic acids is 1. The second kappa shape index (κ2) is 9.08. The first-order valence-electron chi connectivity index (χ1n) is 7.81. The van der Waals surface area contributed by atoms with Gasteiger partial charge in [-0.25, -0.2) is 4.99 Å². The number of hydrogen-bond acceptors (Lipinski definition) is 3. The van der Waals surface area contributed by atoms with E-state index in [0.717, 1.165) is 18.1 Å². The smallest absolute Gasteiger partial charge is 0.241 e. The number of guanidine groups is 1. The molecule has 0 spiro atoms. The van der Waals surface area contributed by atoms with Crippen molar-refractivity contribution in [2.75, 3.05) is 27.7 Å². The number of nitrogens with zero attached hydrogens (tertiary/aromatic N) is 3. The molecule has 0 aliphatic carbocycles. The number of rotatable bonds is 6. The number of aliphatic imine (C=N–C) groups is 1. The van der Waals surface area contributed by atoms with Crippen LogP contribution in [0, 0.1) is 0 Å². The summed E-state index contributed by atoms with van der Waals surface area (Å²) in [6.07, 6.45) is 0. The number of amides is 1. The molecule has 1 aromatic heterocycles. The van der Waals surface area contributed by atoms with Crippen LogP contribution in [0.1, 0.15) is 11.1 Å². The van der Waals surface area contributed by atoms with E-state index in [1.807, 2.05) is 42.3 Å². The number of carbonyl (C=O) groups is 1. The Morgan fingerprint density at radius 3 is 2.50 bits per heavy atom. The molecule has 0 aliphatic heterocycles. The van der Waals surface area contributed by atoms with Crippen LogP contribution in [0.15, 0.2) is 52.2 Å². The van der Waals surface area contributed by atoms with Gasteiger partial charge in [-0.1, -0.05) is 30.3 Å². The molecule has 1 amide bonds. The van der Waals surface area contributed by atoms with Crippen molar-refractivity contribution in [2.24, 2.45) is 4.99 Å². The minimum atomic E-state index is 0.0198. The Hall–Kier alpha value is -2.34. The van der Waals surface area contributed by atoms with E-state index in [1.54, 1.807) is 30.3 Å². The van der Waals surface area contributed by atoms with Crippen molar-refractivity contribution >= 4 is 23.2 Å². The number of nitrogens with one attached hydrogen (secondary N) is 1. The standard InChI is InChI=1S/C18H24N4OS/c1-21(2)17(23)12-20-18(19-11-15-7-5-4-6-8-15)22(3)13-16-9-10-24-14-16/h4-10,14H,11-13H2,1-3H3,(H,19,20). The van der Waals surface area contributed by atoms with E-state index in [2.05, 4.69) is 27.1 Å². The quantitative estimate of drug-likeness (QED) is 0.647. The van der Waals surface area contributed by atoms with Crippen LogP contribution in [-0.4, -0.2) is 49.4 Å². The van der Waals surface area contributed by atoms with Crippen molar-refractivity contribution in [3.63, 3.8) is 0 Å². The second-order valence-corrected chi connectivity index (χ2v) is 6.53. The van der Waals surface area contributed by atoms with Gasteiger partial charge in [0, 0.05) is 27.7 Å². The van der Waals surface area contributed by atoms with Gasteiger partial charge in [0.05, 0.1) is 13.1 Å². The first kappa shape index (κ1) is 18.0. The number of hydrogen-bond donors (Lipinski definition) is 1. The van der Waals surface area contributed by atoms with Crippen molar-refractivity contribution < 1.29 is 4.79 Å². The highest BCUT2D eigenvalue weighted by Gasteiger charge is 2.10. The molecular formula is C18H24N4OS. The van der Waals surface area contributed by atoms with Crippen molar-refractivity contribution in [2.45, 2.75) is 13.1 Å².